The molecule has 0 aliphatic rings. The van der Waals surface area contributed by atoms with Gasteiger partial charge in [-0.15, -0.1) is 5.10 Å². The Bertz CT molecular complexity index is 637. The van der Waals surface area contributed by atoms with Crippen LogP contribution in [0.15, 0.2) is 24.3 Å². The number of nitrogen functional groups attached to an aromatic ring is 1. The minimum absolute atomic E-state index is 0.00338. The highest BCUT2D eigenvalue weighted by Crippen LogP contribution is 2.14. The minimum Gasteiger partial charge on any atom is -0.375 e. The topological polar surface area (TPSA) is 135 Å². The molecule has 0 atom stereocenters. The number of nitrogens with one attached hydrogen (secondary N) is 3. The van der Waals surface area contributed by atoms with Gasteiger partial charge in [-0.05, 0) is 24.3 Å². The molecule has 0 aliphatic heterocycles. The summed E-state index contributed by atoms with van der Waals surface area (Å²) in [6.07, 6.45) is 0. The van der Waals surface area contributed by atoms with Crippen molar-refractivity contribution in [3.8, 4) is 0 Å². The van der Waals surface area contributed by atoms with E-state index in [1.54, 1.807) is 24.3 Å². The lowest BCUT2D eigenvalue weighted by Gasteiger charge is -2.06. The zero-order valence-corrected chi connectivity index (χ0v) is 11.2. The number of aromatic amines is 1. The summed E-state index contributed by atoms with van der Waals surface area (Å²) in [4.78, 5) is 26.8. The van der Waals surface area contributed by atoms with Crippen LogP contribution >= 0.6 is 0 Å². The molecule has 1 aromatic carbocycles. The minimum atomic E-state index is -0.463. The fraction of sp³-hybridized carbons (Fsp3) is 0.167. The summed E-state index contributed by atoms with van der Waals surface area (Å²) in [7, 11) is 1.44. The van der Waals surface area contributed by atoms with Crippen LogP contribution in [-0.2, 0) is 9.53 Å². The Balaban J connectivity index is 1.96. The molecule has 0 saturated heterocycles. The fourth-order valence-corrected chi connectivity index (χ4v) is 1.53. The lowest BCUT2D eigenvalue weighted by Crippen LogP contribution is -2.17. The molecule has 0 saturated carbocycles. The number of ether oxygens (including phenoxy) is 1. The Kier molecular flexibility index (Phi) is 4.46. The van der Waals surface area contributed by atoms with Crippen molar-refractivity contribution >= 4 is 29.1 Å². The Morgan fingerprint density at radius 3 is 2.38 bits per heavy atom. The molecule has 5 N–H and O–H groups in total. The van der Waals surface area contributed by atoms with Crippen LogP contribution in [-0.4, -0.2) is 40.7 Å². The SMILES string of the molecule is COCC(=O)Nc1ccc(NC(=O)c2nc(N)n[nH]2)cc1. The van der Waals surface area contributed by atoms with Crippen LogP contribution in [0.1, 0.15) is 10.6 Å². The number of aromatic nitrogens is 3. The van der Waals surface area contributed by atoms with E-state index < -0.39 is 5.91 Å². The Hall–Kier alpha value is -2.94. The Morgan fingerprint density at radius 2 is 1.86 bits per heavy atom. The second-order valence-corrected chi connectivity index (χ2v) is 4.05. The molecule has 0 unspecified atom stereocenters. The van der Waals surface area contributed by atoms with Gasteiger partial charge in [-0.2, -0.15) is 4.98 Å². The lowest BCUT2D eigenvalue weighted by molar-refractivity contribution is -0.119. The number of H-pyrrole nitrogens is 1. The monoisotopic (exact) mass is 290 g/mol. The summed E-state index contributed by atoms with van der Waals surface area (Å²) < 4.78 is 4.71. The average molecular weight is 290 g/mol. The van der Waals surface area contributed by atoms with Gasteiger partial charge < -0.3 is 21.1 Å². The summed E-state index contributed by atoms with van der Waals surface area (Å²) in [6, 6.07) is 6.58. The van der Waals surface area contributed by atoms with Crippen molar-refractivity contribution < 1.29 is 14.3 Å². The molecule has 9 nitrogen and oxygen atoms in total. The van der Waals surface area contributed by atoms with Crippen LogP contribution in [0.5, 0.6) is 0 Å². The molecule has 0 radical (unpaired) electrons. The number of nitrogens with zero attached hydrogens (tertiary/aromatic N) is 2. The van der Waals surface area contributed by atoms with Gasteiger partial charge in [-0.1, -0.05) is 0 Å². The normalized spacial score (nSPS) is 10.1. The number of carbonyl (C=O) groups excluding carboxylic acids is 2. The van der Waals surface area contributed by atoms with Crippen LogP contribution in [0.3, 0.4) is 0 Å². The van der Waals surface area contributed by atoms with Crippen molar-refractivity contribution in [1.82, 2.24) is 15.2 Å². The fourth-order valence-electron chi connectivity index (χ4n) is 1.53. The van der Waals surface area contributed by atoms with Crippen LogP contribution in [0, 0.1) is 0 Å². The largest absolute Gasteiger partial charge is 0.375 e. The number of anilines is 3. The Labute approximate surface area is 119 Å². The molecule has 2 amide bonds. The van der Waals surface area contributed by atoms with E-state index in [4.69, 9.17) is 10.5 Å². The van der Waals surface area contributed by atoms with E-state index in [2.05, 4.69) is 25.8 Å². The quantitative estimate of drug-likeness (QED) is 0.622. The highest BCUT2D eigenvalue weighted by Gasteiger charge is 2.10. The van der Waals surface area contributed by atoms with Crippen molar-refractivity contribution in [2.24, 2.45) is 0 Å². The van der Waals surface area contributed by atoms with Crippen molar-refractivity contribution in [2.75, 3.05) is 30.1 Å². The third kappa shape index (κ3) is 4.01. The first-order chi connectivity index (χ1) is 10.1. The molecule has 0 fully saturated rings. The van der Waals surface area contributed by atoms with Gasteiger partial charge in [-0.3, -0.25) is 14.7 Å². The maximum Gasteiger partial charge on any atom is 0.293 e. The summed E-state index contributed by atoms with van der Waals surface area (Å²) in [5, 5.41) is 11.2. The van der Waals surface area contributed by atoms with E-state index in [1.807, 2.05) is 0 Å². The second-order valence-electron chi connectivity index (χ2n) is 4.05. The van der Waals surface area contributed by atoms with Gasteiger partial charge in [0.15, 0.2) is 0 Å². The van der Waals surface area contributed by atoms with E-state index in [-0.39, 0.29) is 24.3 Å². The number of methoxy groups -OCH3 is 1. The molecule has 21 heavy (non-hydrogen) atoms. The predicted octanol–water partition coefficient (Wildman–Crippen LogP) is 0.224. The zero-order valence-electron chi connectivity index (χ0n) is 11.2. The number of benzene rings is 1. The first-order valence-electron chi connectivity index (χ1n) is 5.96. The first kappa shape index (κ1) is 14.5. The van der Waals surface area contributed by atoms with Crippen LogP contribution in [0.2, 0.25) is 0 Å². The van der Waals surface area contributed by atoms with Crippen LogP contribution < -0.4 is 16.4 Å². The number of carbonyl (C=O) groups is 2. The highest BCUT2D eigenvalue weighted by molar-refractivity contribution is 6.01. The number of hydrogen-bond acceptors (Lipinski definition) is 6. The first-order valence-corrected chi connectivity index (χ1v) is 5.96. The molecule has 0 bridgehead atoms. The van der Waals surface area contributed by atoms with Crippen molar-refractivity contribution in [3.05, 3.63) is 30.1 Å². The van der Waals surface area contributed by atoms with Gasteiger partial charge >= 0.3 is 0 Å². The lowest BCUT2D eigenvalue weighted by atomic mass is 10.2. The smallest absolute Gasteiger partial charge is 0.293 e. The van der Waals surface area contributed by atoms with Gasteiger partial charge in [0, 0.05) is 18.5 Å². The van der Waals surface area contributed by atoms with E-state index in [1.165, 1.54) is 7.11 Å². The molecule has 2 rings (SSSR count). The van der Waals surface area contributed by atoms with Gasteiger partial charge in [0.1, 0.15) is 6.61 Å². The maximum absolute atomic E-state index is 11.8. The molecular formula is C12H14N6O3. The number of rotatable bonds is 5. The number of amides is 2. The summed E-state index contributed by atoms with van der Waals surface area (Å²) >= 11 is 0. The number of nitrogens with two attached hydrogens (primary N) is 1. The predicted molar refractivity (Wildman–Crippen MR) is 75.7 cm³/mol. The second kappa shape index (κ2) is 6.48. The van der Waals surface area contributed by atoms with Crippen LogP contribution in [0.4, 0.5) is 17.3 Å². The standard InChI is InChI=1S/C12H14N6O3/c1-21-6-9(19)14-7-2-4-8(5-3-7)15-11(20)10-16-12(13)18-17-10/h2-5H,6H2,1H3,(H,14,19)(H,15,20)(H3,13,16,17,18). The van der Waals surface area contributed by atoms with Crippen molar-refractivity contribution in [3.63, 3.8) is 0 Å². The third-order valence-electron chi connectivity index (χ3n) is 2.42. The Morgan fingerprint density at radius 1 is 1.24 bits per heavy atom. The van der Waals surface area contributed by atoms with Crippen LogP contribution in [0.25, 0.3) is 0 Å². The van der Waals surface area contributed by atoms with E-state index in [0.717, 1.165) is 0 Å². The van der Waals surface area contributed by atoms with E-state index in [0.29, 0.717) is 11.4 Å². The van der Waals surface area contributed by atoms with Crippen molar-refractivity contribution in [1.29, 1.82) is 0 Å². The van der Waals surface area contributed by atoms with Gasteiger partial charge in [-0.25, -0.2) is 0 Å². The summed E-state index contributed by atoms with van der Waals surface area (Å²) in [6.45, 7) is -0.0224. The molecule has 110 valence electrons. The molecule has 2 aromatic rings. The third-order valence-corrected chi connectivity index (χ3v) is 2.42. The molecule has 1 aromatic heterocycles. The molecule has 1 heterocycles. The van der Waals surface area contributed by atoms with Gasteiger partial charge in [0.2, 0.25) is 17.7 Å². The van der Waals surface area contributed by atoms with Gasteiger partial charge in [0.05, 0.1) is 0 Å². The maximum atomic E-state index is 11.8. The molecular weight excluding hydrogens is 276 g/mol. The number of hydrogen-bond donors (Lipinski definition) is 4. The van der Waals surface area contributed by atoms with E-state index in [9.17, 15) is 9.59 Å². The average Bonchev–Trinajstić information content (AvgIpc) is 2.88. The summed E-state index contributed by atoms with van der Waals surface area (Å²) in [5.74, 6) is -0.705. The van der Waals surface area contributed by atoms with Crippen molar-refractivity contribution in [2.45, 2.75) is 0 Å². The van der Waals surface area contributed by atoms with E-state index >= 15 is 0 Å². The van der Waals surface area contributed by atoms with Gasteiger partial charge in [0.25, 0.3) is 5.91 Å². The molecule has 9 heteroatoms. The molecule has 0 spiro atoms. The zero-order chi connectivity index (χ0) is 15.2. The molecule has 0 aliphatic carbocycles. The highest BCUT2D eigenvalue weighted by atomic mass is 16.5. The summed E-state index contributed by atoms with van der Waals surface area (Å²) in [5.41, 5.74) is 6.45.